The van der Waals surface area contributed by atoms with Gasteiger partial charge in [-0.3, -0.25) is 0 Å². The largest absolute Gasteiger partial charge is 0.496 e. The van der Waals surface area contributed by atoms with Gasteiger partial charge >= 0.3 is 5.97 Å². The van der Waals surface area contributed by atoms with E-state index in [0.29, 0.717) is 21.9 Å². The lowest BCUT2D eigenvalue weighted by molar-refractivity contribution is 0.0515. The van der Waals surface area contributed by atoms with Crippen LogP contribution in [0.25, 0.3) is 0 Å². The van der Waals surface area contributed by atoms with Crippen molar-refractivity contribution in [2.45, 2.75) is 6.92 Å². The molecule has 0 aromatic heterocycles. The second-order valence-electron chi connectivity index (χ2n) is 4.51. The summed E-state index contributed by atoms with van der Waals surface area (Å²) in [6, 6.07) is 11.9. The summed E-state index contributed by atoms with van der Waals surface area (Å²) in [4.78, 5) is 16.9. The summed E-state index contributed by atoms with van der Waals surface area (Å²) in [7, 11) is 1.50. The number of ether oxygens (including phenoxy) is 1. The third-order valence-electron chi connectivity index (χ3n) is 3.03. The van der Waals surface area contributed by atoms with Gasteiger partial charge in [0.15, 0.2) is 5.84 Å². The average Bonchev–Trinajstić information content (AvgIpc) is 2.52. The van der Waals surface area contributed by atoms with E-state index in [1.165, 1.54) is 7.11 Å². The summed E-state index contributed by atoms with van der Waals surface area (Å²) in [5.74, 6) is -0.0964. The van der Waals surface area contributed by atoms with Gasteiger partial charge < -0.3 is 15.3 Å². The molecule has 0 aliphatic carbocycles. The molecule has 2 aromatic rings. The number of oxime groups is 1. The SMILES string of the molecule is COc1ccc(Cl)cc1/C(N)=N/OC(=O)c1ccccc1C. The second-order valence-corrected chi connectivity index (χ2v) is 4.95. The Labute approximate surface area is 133 Å². The normalized spacial score (nSPS) is 11.1. The Bertz CT molecular complexity index is 729. The van der Waals surface area contributed by atoms with Crippen molar-refractivity contribution in [3.05, 3.63) is 64.2 Å². The highest BCUT2D eigenvalue weighted by atomic mass is 35.5. The van der Waals surface area contributed by atoms with Crippen molar-refractivity contribution >= 4 is 23.4 Å². The molecule has 0 aliphatic heterocycles. The molecule has 2 aromatic carbocycles. The second kappa shape index (κ2) is 6.95. The lowest BCUT2D eigenvalue weighted by Crippen LogP contribution is -2.16. The zero-order valence-electron chi connectivity index (χ0n) is 12.2. The Kier molecular flexibility index (Phi) is 5.01. The van der Waals surface area contributed by atoms with E-state index in [4.69, 9.17) is 26.9 Å². The summed E-state index contributed by atoms with van der Waals surface area (Å²) < 4.78 is 5.17. The standard InChI is InChI=1S/C16H15ClN2O3/c1-10-5-3-4-6-12(10)16(20)22-19-15(18)13-9-11(17)7-8-14(13)21-2/h3-9H,1-2H3,(H2,18,19). The predicted molar refractivity (Wildman–Crippen MR) is 85.3 cm³/mol. The van der Waals surface area contributed by atoms with Crippen molar-refractivity contribution in [3.63, 3.8) is 0 Å². The van der Waals surface area contributed by atoms with Crippen LogP contribution in [0, 0.1) is 6.92 Å². The molecule has 2 N–H and O–H groups in total. The number of carbonyl (C=O) groups excluding carboxylic acids is 1. The highest BCUT2D eigenvalue weighted by molar-refractivity contribution is 6.31. The lowest BCUT2D eigenvalue weighted by atomic mass is 10.1. The van der Waals surface area contributed by atoms with Crippen LogP contribution in [0.4, 0.5) is 0 Å². The van der Waals surface area contributed by atoms with Gasteiger partial charge in [0.1, 0.15) is 5.75 Å². The summed E-state index contributed by atoms with van der Waals surface area (Å²) >= 11 is 5.92. The van der Waals surface area contributed by atoms with Gasteiger partial charge in [-0.2, -0.15) is 0 Å². The number of nitrogens with two attached hydrogens (primary N) is 1. The molecule has 114 valence electrons. The third kappa shape index (κ3) is 3.56. The fourth-order valence-corrected chi connectivity index (χ4v) is 2.04. The van der Waals surface area contributed by atoms with Crippen LogP contribution in [-0.4, -0.2) is 18.9 Å². The molecule has 22 heavy (non-hydrogen) atoms. The van der Waals surface area contributed by atoms with E-state index in [0.717, 1.165) is 5.56 Å². The minimum absolute atomic E-state index is 0.00119. The lowest BCUT2D eigenvalue weighted by Gasteiger charge is -2.08. The van der Waals surface area contributed by atoms with E-state index in [1.807, 2.05) is 19.1 Å². The molecular weight excluding hydrogens is 304 g/mol. The van der Waals surface area contributed by atoms with Crippen molar-refractivity contribution in [2.24, 2.45) is 10.9 Å². The van der Waals surface area contributed by atoms with Gasteiger partial charge in [0.2, 0.25) is 0 Å². The van der Waals surface area contributed by atoms with Crippen LogP contribution in [0.1, 0.15) is 21.5 Å². The molecule has 0 saturated carbocycles. The smallest absolute Gasteiger partial charge is 0.366 e. The summed E-state index contributed by atoms with van der Waals surface area (Å²) in [5, 5.41) is 4.14. The van der Waals surface area contributed by atoms with E-state index in [-0.39, 0.29) is 5.84 Å². The van der Waals surface area contributed by atoms with E-state index in [9.17, 15) is 4.79 Å². The van der Waals surface area contributed by atoms with E-state index >= 15 is 0 Å². The van der Waals surface area contributed by atoms with Crippen molar-refractivity contribution in [2.75, 3.05) is 7.11 Å². The van der Waals surface area contributed by atoms with Crippen LogP contribution in [-0.2, 0) is 4.84 Å². The van der Waals surface area contributed by atoms with E-state index in [1.54, 1.807) is 30.3 Å². The first-order chi connectivity index (χ1) is 10.5. The quantitative estimate of drug-likeness (QED) is 0.407. The maximum atomic E-state index is 12.0. The fraction of sp³-hybridized carbons (Fsp3) is 0.125. The highest BCUT2D eigenvalue weighted by Crippen LogP contribution is 2.22. The molecule has 0 amide bonds. The monoisotopic (exact) mass is 318 g/mol. The molecule has 0 spiro atoms. The molecule has 0 unspecified atom stereocenters. The van der Waals surface area contributed by atoms with Crippen LogP contribution < -0.4 is 10.5 Å². The van der Waals surface area contributed by atoms with Gasteiger partial charge in [0, 0.05) is 5.02 Å². The van der Waals surface area contributed by atoms with Crippen LogP contribution >= 0.6 is 11.6 Å². The van der Waals surface area contributed by atoms with Gasteiger partial charge in [-0.15, -0.1) is 0 Å². The molecule has 0 radical (unpaired) electrons. The Morgan fingerprint density at radius 3 is 2.59 bits per heavy atom. The topological polar surface area (TPSA) is 73.9 Å². The highest BCUT2D eigenvalue weighted by Gasteiger charge is 2.12. The molecule has 0 heterocycles. The minimum Gasteiger partial charge on any atom is -0.496 e. The van der Waals surface area contributed by atoms with Crippen LogP contribution in [0.15, 0.2) is 47.6 Å². The van der Waals surface area contributed by atoms with Crippen LogP contribution in [0.5, 0.6) is 5.75 Å². The van der Waals surface area contributed by atoms with Gasteiger partial charge in [-0.1, -0.05) is 35.0 Å². The zero-order valence-corrected chi connectivity index (χ0v) is 12.9. The number of hydrogen-bond acceptors (Lipinski definition) is 4. The van der Waals surface area contributed by atoms with Gasteiger partial charge in [-0.25, -0.2) is 4.79 Å². The average molecular weight is 319 g/mol. The van der Waals surface area contributed by atoms with E-state index < -0.39 is 5.97 Å². The first kappa shape index (κ1) is 15.9. The molecule has 5 nitrogen and oxygen atoms in total. The Morgan fingerprint density at radius 2 is 1.91 bits per heavy atom. The number of rotatable bonds is 4. The van der Waals surface area contributed by atoms with Gasteiger partial charge in [0.05, 0.1) is 18.2 Å². The van der Waals surface area contributed by atoms with Crippen molar-refractivity contribution in [3.8, 4) is 5.75 Å². The molecule has 0 atom stereocenters. The first-order valence-electron chi connectivity index (χ1n) is 6.47. The predicted octanol–water partition coefficient (Wildman–Crippen LogP) is 3.13. The number of carbonyl (C=O) groups is 1. The molecule has 6 heteroatoms. The maximum Gasteiger partial charge on any atom is 0.366 e. The van der Waals surface area contributed by atoms with Gasteiger partial charge in [0.25, 0.3) is 0 Å². The summed E-state index contributed by atoms with van der Waals surface area (Å²) in [6.45, 7) is 1.81. The molecule has 0 bridgehead atoms. The fourth-order valence-electron chi connectivity index (χ4n) is 1.87. The molecule has 2 rings (SSSR count). The number of nitrogens with zero attached hydrogens (tertiary/aromatic N) is 1. The molecule has 0 saturated heterocycles. The molecule has 0 fully saturated rings. The zero-order chi connectivity index (χ0) is 16.1. The van der Waals surface area contributed by atoms with Crippen LogP contribution in [0.3, 0.4) is 0 Å². The first-order valence-corrected chi connectivity index (χ1v) is 6.85. The molecule has 0 aliphatic rings. The van der Waals surface area contributed by atoms with Crippen molar-refractivity contribution in [1.82, 2.24) is 0 Å². The summed E-state index contributed by atoms with van der Waals surface area (Å²) in [5.41, 5.74) is 7.51. The minimum atomic E-state index is -0.581. The van der Waals surface area contributed by atoms with E-state index in [2.05, 4.69) is 5.16 Å². The maximum absolute atomic E-state index is 12.0. The Hall–Kier alpha value is -2.53. The van der Waals surface area contributed by atoms with Crippen molar-refractivity contribution < 1.29 is 14.4 Å². The number of halogens is 1. The Balaban J connectivity index is 2.22. The number of aryl methyl sites for hydroxylation is 1. The van der Waals surface area contributed by atoms with Crippen LogP contribution in [0.2, 0.25) is 5.02 Å². The summed E-state index contributed by atoms with van der Waals surface area (Å²) in [6.07, 6.45) is 0. The number of methoxy groups -OCH3 is 1. The molecular formula is C16H15ClN2O3. The van der Waals surface area contributed by atoms with Gasteiger partial charge in [-0.05, 0) is 36.8 Å². The van der Waals surface area contributed by atoms with Crippen molar-refractivity contribution in [1.29, 1.82) is 0 Å². The Morgan fingerprint density at radius 1 is 1.18 bits per heavy atom. The number of hydrogen-bond donors (Lipinski definition) is 1. The number of benzene rings is 2. The third-order valence-corrected chi connectivity index (χ3v) is 3.26. The number of amidine groups is 1.